The molecule has 1 N–H and O–H groups in total. The van der Waals surface area contributed by atoms with Gasteiger partial charge in [0.25, 0.3) is 0 Å². The van der Waals surface area contributed by atoms with Crippen molar-refractivity contribution in [3.63, 3.8) is 0 Å². The molecule has 2 aromatic rings. The van der Waals surface area contributed by atoms with Crippen LogP contribution in [0.3, 0.4) is 0 Å². The summed E-state index contributed by atoms with van der Waals surface area (Å²) >= 11 is 0. The van der Waals surface area contributed by atoms with Crippen LogP contribution < -0.4 is 0 Å². The van der Waals surface area contributed by atoms with Gasteiger partial charge in [-0.25, -0.2) is 13.3 Å². The van der Waals surface area contributed by atoms with E-state index in [1.54, 1.807) is 22.5 Å². The Balaban J connectivity index is 2.12. The molecule has 1 heterocycles. The van der Waals surface area contributed by atoms with Gasteiger partial charge in [-0.3, -0.25) is 0 Å². The second-order valence-electron chi connectivity index (χ2n) is 5.03. The number of nitrogens with zero attached hydrogens (tertiary/aromatic N) is 2. The third-order valence-corrected chi connectivity index (χ3v) is 5.24. The van der Waals surface area contributed by atoms with Crippen molar-refractivity contribution in [2.45, 2.75) is 4.90 Å². The van der Waals surface area contributed by atoms with Crippen LogP contribution in [-0.2, 0) is 15.7 Å². The summed E-state index contributed by atoms with van der Waals surface area (Å²) in [5.41, 5.74) is -0.335. The van der Waals surface area contributed by atoms with Gasteiger partial charge in [0.05, 0.1) is 23.7 Å². The van der Waals surface area contributed by atoms with Crippen LogP contribution in [-0.4, -0.2) is 45.9 Å². The quantitative estimate of drug-likeness (QED) is 0.865. The average Bonchev–Trinajstić information content (AvgIpc) is 2.60. The van der Waals surface area contributed by atoms with Gasteiger partial charge in [0.15, 0.2) is 0 Å². The van der Waals surface area contributed by atoms with Crippen LogP contribution in [0.5, 0.6) is 0 Å². The standard InChI is InChI=1S/C15H14N2O5S/c18-15(19)12-8-10-2-1-3-14(11(10)9-13(12)16-20)23(21)17-4-6-22-7-5-17/h1-3,8-9H,4-7H2,(H,18,19). The van der Waals surface area contributed by atoms with E-state index in [0.717, 1.165) is 0 Å². The molecule has 1 unspecified atom stereocenters. The smallest absolute Gasteiger partial charge is 0.338 e. The van der Waals surface area contributed by atoms with Gasteiger partial charge in [-0.1, -0.05) is 12.1 Å². The minimum absolute atomic E-state index is 0.165. The molecule has 0 saturated carbocycles. The van der Waals surface area contributed by atoms with Crippen molar-refractivity contribution >= 4 is 33.4 Å². The van der Waals surface area contributed by atoms with Crippen LogP contribution in [0.2, 0.25) is 0 Å². The SMILES string of the molecule is O=Nc1cc2c(S(=O)N3CCOCC3)cccc2cc1C(=O)O. The summed E-state index contributed by atoms with van der Waals surface area (Å²) in [6.07, 6.45) is 0. The molecule has 7 nitrogen and oxygen atoms in total. The van der Waals surface area contributed by atoms with Gasteiger partial charge in [-0.15, -0.1) is 4.91 Å². The molecule has 2 aromatic carbocycles. The zero-order valence-corrected chi connectivity index (χ0v) is 12.9. The van der Waals surface area contributed by atoms with E-state index in [1.807, 2.05) is 0 Å². The Morgan fingerprint density at radius 3 is 2.65 bits per heavy atom. The zero-order valence-electron chi connectivity index (χ0n) is 12.1. The molecule has 0 amide bonds. The number of fused-ring (bicyclic) bond motifs is 1. The Morgan fingerprint density at radius 2 is 2.00 bits per heavy atom. The highest BCUT2D eigenvalue weighted by molar-refractivity contribution is 7.83. The first kappa shape index (κ1) is 15.7. The largest absolute Gasteiger partial charge is 0.478 e. The molecule has 1 aliphatic heterocycles. The fourth-order valence-corrected chi connectivity index (χ4v) is 3.85. The molecule has 0 aliphatic carbocycles. The highest BCUT2D eigenvalue weighted by atomic mass is 32.2. The Hall–Kier alpha value is -2.16. The molecule has 8 heteroatoms. The summed E-state index contributed by atoms with van der Waals surface area (Å²) in [6, 6.07) is 7.92. The summed E-state index contributed by atoms with van der Waals surface area (Å²) in [7, 11) is -1.41. The van der Waals surface area contributed by atoms with Gasteiger partial charge < -0.3 is 9.84 Å². The number of ether oxygens (including phenoxy) is 1. The number of carboxylic acids is 1. The number of morpholine rings is 1. The van der Waals surface area contributed by atoms with Gasteiger partial charge in [0, 0.05) is 18.5 Å². The van der Waals surface area contributed by atoms with Gasteiger partial charge in [0.1, 0.15) is 16.7 Å². The average molecular weight is 334 g/mol. The van der Waals surface area contributed by atoms with Gasteiger partial charge in [-0.2, -0.15) is 0 Å². The van der Waals surface area contributed by atoms with Crippen molar-refractivity contribution in [1.29, 1.82) is 0 Å². The molecule has 120 valence electrons. The summed E-state index contributed by atoms with van der Waals surface area (Å²) < 4.78 is 19.8. The number of rotatable bonds is 4. The highest BCUT2D eigenvalue weighted by Crippen LogP contribution is 2.31. The first-order valence-electron chi connectivity index (χ1n) is 7.00. The first-order valence-corrected chi connectivity index (χ1v) is 8.10. The van der Waals surface area contributed by atoms with E-state index < -0.39 is 17.0 Å². The first-order chi connectivity index (χ1) is 11.1. The number of nitroso groups, excluding NO2 is 1. The lowest BCUT2D eigenvalue weighted by atomic mass is 10.1. The minimum atomic E-state index is -1.41. The van der Waals surface area contributed by atoms with Gasteiger partial charge in [0.2, 0.25) is 0 Å². The normalized spacial score (nSPS) is 17.0. The molecule has 0 bridgehead atoms. The van der Waals surface area contributed by atoms with Crippen LogP contribution in [0.25, 0.3) is 10.8 Å². The van der Waals surface area contributed by atoms with E-state index in [-0.39, 0.29) is 11.3 Å². The number of carbonyl (C=O) groups is 1. The van der Waals surface area contributed by atoms with E-state index in [2.05, 4.69) is 5.18 Å². The van der Waals surface area contributed by atoms with E-state index in [9.17, 15) is 13.9 Å². The lowest BCUT2D eigenvalue weighted by molar-refractivity contribution is 0.0698. The second kappa shape index (κ2) is 6.53. The lowest BCUT2D eigenvalue weighted by Crippen LogP contribution is -2.37. The Bertz CT molecular complexity index is 802. The fraction of sp³-hybridized carbons (Fsp3) is 0.267. The summed E-state index contributed by atoms with van der Waals surface area (Å²) in [4.78, 5) is 22.7. The fourth-order valence-electron chi connectivity index (χ4n) is 2.54. The zero-order chi connectivity index (χ0) is 16.4. The number of hydrogen-bond donors (Lipinski definition) is 1. The van der Waals surface area contributed by atoms with E-state index >= 15 is 0 Å². The van der Waals surface area contributed by atoms with Crippen molar-refractivity contribution in [3.8, 4) is 0 Å². The molecule has 1 fully saturated rings. The molecule has 23 heavy (non-hydrogen) atoms. The maximum atomic E-state index is 12.8. The number of aromatic carboxylic acids is 1. The predicted octanol–water partition coefficient (Wildman–Crippen LogP) is 2.29. The third kappa shape index (κ3) is 3.00. The Kier molecular flexibility index (Phi) is 4.46. The molecule has 0 aromatic heterocycles. The third-order valence-electron chi connectivity index (χ3n) is 3.68. The summed E-state index contributed by atoms with van der Waals surface area (Å²) in [5.74, 6) is -1.22. The summed E-state index contributed by atoms with van der Waals surface area (Å²) in [6.45, 7) is 2.13. The Morgan fingerprint density at radius 1 is 1.26 bits per heavy atom. The van der Waals surface area contributed by atoms with Crippen LogP contribution >= 0.6 is 0 Å². The van der Waals surface area contributed by atoms with E-state index in [4.69, 9.17) is 9.84 Å². The van der Waals surface area contributed by atoms with Crippen LogP contribution in [0.15, 0.2) is 40.4 Å². The number of carboxylic acid groups (broad SMARTS) is 1. The predicted molar refractivity (Wildman–Crippen MR) is 85.2 cm³/mol. The maximum absolute atomic E-state index is 12.8. The maximum Gasteiger partial charge on any atom is 0.338 e. The van der Waals surface area contributed by atoms with Crippen LogP contribution in [0.4, 0.5) is 5.69 Å². The minimum Gasteiger partial charge on any atom is -0.478 e. The van der Waals surface area contributed by atoms with Crippen molar-refractivity contribution in [2.24, 2.45) is 5.18 Å². The van der Waals surface area contributed by atoms with Crippen molar-refractivity contribution in [1.82, 2.24) is 4.31 Å². The molecule has 1 atom stereocenters. The Labute approximate surface area is 134 Å². The van der Waals surface area contributed by atoms with E-state index in [1.165, 1.54) is 12.1 Å². The van der Waals surface area contributed by atoms with Gasteiger partial charge >= 0.3 is 5.97 Å². The monoisotopic (exact) mass is 334 g/mol. The van der Waals surface area contributed by atoms with E-state index in [0.29, 0.717) is 42.0 Å². The molecule has 0 radical (unpaired) electrons. The topological polar surface area (TPSA) is 96.3 Å². The van der Waals surface area contributed by atoms with Crippen molar-refractivity contribution < 1.29 is 18.8 Å². The number of hydrogen-bond acceptors (Lipinski definition) is 5. The molecule has 1 aliphatic rings. The molecule has 3 rings (SSSR count). The van der Waals surface area contributed by atoms with Crippen molar-refractivity contribution in [3.05, 3.63) is 40.8 Å². The molecular weight excluding hydrogens is 320 g/mol. The number of benzene rings is 2. The van der Waals surface area contributed by atoms with Crippen molar-refractivity contribution in [2.75, 3.05) is 26.3 Å². The van der Waals surface area contributed by atoms with Gasteiger partial charge in [-0.05, 0) is 28.8 Å². The van der Waals surface area contributed by atoms with Crippen LogP contribution in [0.1, 0.15) is 10.4 Å². The van der Waals surface area contributed by atoms with Crippen LogP contribution in [0, 0.1) is 4.91 Å². The highest BCUT2D eigenvalue weighted by Gasteiger charge is 2.21. The molecule has 1 saturated heterocycles. The molecule has 0 spiro atoms. The second-order valence-corrected chi connectivity index (χ2v) is 6.49. The summed E-state index contributed by atoms with van der Waals surface area (Å²) in [5, 5.41) is 13.1. The lowest BCUT2D eigenvalue weighted by Gasteiger charge is -2.25. The molecular formula is C15H14N2O5S.